The molecule has 6 nitrogen and oxygen atoms in total. The van der Waals surface area contributed by atoms with Gasteiger partial charge in [-0.2, -0.15) is 10.5 Å². The zero-order chi connectivity index (χ0) is 79.9. The molecular weight excluding hydrogens is 1450 g/mol. The van der Waals surface area contributed by atoms with Crippen LogP contribution in [0, 0.1) is 22.7 Å². The number of benzene rings is 18. The topological polar surface area (TPSA) is 67.3 Å². The lowest BCUT2D eigenvalue weighted by molar-refractivity contribution is 0.660. The van der Waals surface area contributed by atoms with Gasteiger partial charge in [0.25, 0.3) is 0 Å². The molecule has 2 aliphatic rings. The minimum absolute atomic E-state index is 0.00500. The molecule has 6 heteroatoms. The fourth-order valence-electron chi connectivity index (χ4n) is 20.3. The molecule has 4 heterocycles. The van der Waals surface area contributed by atoms with Crippen molar-refractivity contribution in [2.45, 2.75) is 24.7 Å². The first-order chi connectivity index (χ1) is 59.2. The number of hydrogen-bond donors (Lipinski definition) is 0. The summed E-state index contributed by atoms with van der Waals surface area (Å²) in [7, 11) is 0. The van der Waals surface area contributed by atoms with Crippen molar-refractivity contribution < 1.29 is 0 Å². The Morgan fingerprint density at radius 1 is 0.208 bits per heavy atom. The predicted molar refractivity (Wildman–Crippen MR) is 496 cm³/mol. The molecule has 0 N–H and O–H groups in total. The van der Waals surface area contributed by atoms with Gasteiger partial charge in [-0.05, 0) is 252 Å². The Morgan fingerprint density at radius 3 is 0.908 bits per heavy atom. The molecular formula is C114H74N6. The van der Waals surface area contributed by atoms with Crippen molar-refractivity contribution in [1.29, 1.82) is 10.5 Å². The number of fused-ring (bicyclic) bond motifs is 18. The predicted octanol–water partition coefficient (Wildman–Crippen LogP) is 28.8. The lowest BCUT2D eigenvalue weighted by Crippen LogP contribution is -2.29. The van der Waals surface area contributed by atoms with E-state index in [0.717, 1.165) is 44.8 Å². The lowest BCUT2D eigenvalue weighted by Gasteiger charge is -2.35. The highest BCUT2D eigenvalue weighted by atomic mass is 15.0. The monoisotopic (exact) mass is 1530 g/mol. The Balaban J connectivity index is 0.000000142. The fraction of sp³-hybridized carbons (Fsp3) is 0.0351. The zero-order valence-electron chi connectivity index (χ0n) is 65.9. The van der Waals surface area contributed by atoms with E-state index in [1.807, 2.05) is 48.5 Å². The number of aromatic nitrogens is 4. The van der Waals surface area contributed by atoms with Crippen LogP contribution in [0.2, 0.25) is 0 Å². The van der Waals surface area contributed by atoms with Gasteiger partial charge in [0.1, 0.15) is 0 Å². The molecule has 0 unspecified atom stereocenters. The summed E-state index contributed by atoms with van der Waals surface area (Å²) in [4.78, 5) is 0. The second kappa shape index (κ2) is 27.4. The van der Waals surface area contributed by atoms with E-state index in [4.69, 9.17) is 0 Å². The van der Waals surface area contributed by atoms with Crippen molar-refractivity contribution in [3.8, 4) is 102 Å². The van der Waals surface area contributed by atoms with Crippen LogP contribution >= 0.6 is 0 Å². The van der Waals surface area contributed by atoms with Gasteiger partial charge in [-0.3, -0.25) is 0 Å². The van der Waals surface area contributed by atoms with Gasteiger partial charge in [0, 0.05) is 71.3 Å². The van der Waals surface area contributed by atoms with Crippen molar-refractivity contribution in [3.05, 3.63) is 457 Å². The average Bonchev–Trinajstić information content (AvgIpc) is 1.52. The molecule has 0 saturated carbocycles. The van der Waals surface area contributed by atoms with Gasteiger partial charge in [-0.15, -0.1) is 0 Å². The standard InChI is InChI=1S/C62H39N3.C52H35N3/c63-40-41-26-32-47(33-27-41)64-57-24-11-8-19-51(57)54-38-43(30-36-59(54)64)44-31-37-60-55(39-44)52-20-9-12-25-58(52)65(60)48-34-28-42(29-35-48)49-21-13-22-53-50-18-7-10-23-56(50)62(61(49)53,45-14-3-1-4-15-45)46-16-5-2-6-17-46;1-52(2)46-12-6-3-9-40(46)43-29-35(19-26-47(43)52)34-17-24-39(25-18-34)55-49-14-8-5-11-42(49)45-31-37(21-28-51(45)55)36-20-27-50-44(30-36)41-10-4-7-13-48(41)54(50)38-22-15-33(32-53)16-23-38/h1-39H;3-31H,1-2H3. The fourth-order valence-corrected chi connectivity index (χ4v) is 20.3. The average molecular weight is 1530 g/mol. The molecule has 22 aromatic rings. The summed E-state index contributed by atoms with van der Waals surface area (Å²) in [6.45, 7) is 4.66. The van der Waals surface area contributed by atoms with Gasteiger partial charge in [0.05, 0.1) is 72.8 Å². The minimum atomic E-state index is -0.485. The first kappa shape index (κ1) is 69.6. The third-order valence-electron chi connectivity index (χ3n) is 25.8. The third-order valence-corrected chi connectivity index (χ3v) is 25.8. The molecule has 120 heavy (non-hydrogen) atoms. The van der Waals surface area contributed by atoms with E-state index < -0.39 is 5.41 Å². The number of rotatable bonds is 10. The molecule has 0 spiro atoms. The van der Waals surface area contributed by atoms with Crippen LogP contribution in [-0.2, 0) is 10.8 Å². The third kappa shape index (κ3) is 10.7. The quantitative estimate of drug-likeness (QED) is 0.137. The second-order valence-electron chi connectivity index (χ2n) is 32.4. The SMILES string of the molecule is CC1(C)c2ccccc2-c2cc(-c3ccc(-n4c5ccccc5c5cc(-c6ccc7c(c6)c6ccccc6n7-c6ccc(C#N)cc6)ccc54)cc3)ccc21.N#Cc1ccc(-n2c3ccccc3c3cc(-c4ccc5c(c4)c4ccccc4n5-c4ccc(-c5cccc6c5C(c5ccccc5)(c5ccccc5)c5ccccc5-6)cc4)ccc32)cc1. The van der Waals surface area contributed by atoms with Crippen LogP contribution in [-0.4, -0.2) is 18.3 Å². The molecule has 560 valence electrons. The Kier molecular flexibility index (Phi) is 15.9. The van der Waals surface area contributed by atoms with Crippen LogP contribution in [0.3, 0.4) is 0 Å². The number of nitrogens with zero attached hydrogens (tertiary/aromatic N) is 6. The first-order valence-corrected chi connectivity index (χ1v) is 41.1. The Labute approximate surface area is 694 Å². The van der Waals surface area contributed by atoms with Crippen molar-refractivity contribution >= 4 is 87.2 Å². The molecule has 2 aliphatic carbocycles. The normalized spacial score (nSPS) is 12.9. The maximum Gasteiger partial charge on any atom is 0.0991 e. The second-order valence-corrected chi connectivity index (χ2v) is 32.4. The highest BCUT2D eigenvalue weighted by molar-refractivity contribution is 6.15. The summed E-state index contributed by atoms with van der Waals surface area (Å²) >= 11 is 0. The molecule has 0 fully saturated rings. The van der Waals surface area contributed by atoms with Crippen molar-refractivity contribution in [3.63, 3.8) is 0 Å². The van der Waals surface area contributed by atoms with Gasteiger partial charge in [0.15, 0.2) is 0 Å². The molecule has 0 amide bonds. The van der Waals surface area contributed by atoms with E-state index in [-0.39, 0.29) is 5.41 Å². The Hall–Kier alpha value is -15.9. The molecule has 0 atom stereocenters. The maximum atomic E-state index is 9.44. The van der Waals surface area contributed by atoms with E-state index in [2.05, 4.69) is 408 Å². The molecule has 0 radical (unpaired) electrons. The van der Waals surface area contributed by atoms with Crippen molar-refractivity contribution in [2.24, 2.45) is 0 Å². The zero-order valence-corrected chi connectivity index (χ0v) is 65.9. The van der Waals surface area contributed by atoms with Crippen LogP contribution in [0.25, 0.3) is 177 Å². The number of nitriles is 2. The highest BCUT2D eigenvalue weighted by Gasteiger charge is 2.47. The van der Waals surface area contributed by atoms with Gasteiger partial charge >= 0.3 is 0 Å². The van der Waals surface area contributed by atoms with Crippen LogP contribution < -0.4 is 0 Å². The molecule has 0 aliphatic heterocycles. The lowest BCUT2D eigenvalue weighted by atomic mass is 9.66. The van der Waals surface area contributed by atoms with Crippen LogP contribution in [0.5, 0.6) is 0 Å². The Bertz CT molecular complexity index is 8000. The molecule has 24 rings (SSSR count). The van der Waals surface area contributed by atoms with E-state index in [1.54, 1.807) is 0 Å². The van der Waals surface area contributed by atoms with Crippen molar-refractivity contribution in [2.75, 3.05) is 0 Å². The van der Waals surface area contributed by atoms with Crippen LogP contribution in [0.4, 0.5) is 0 Å². The summed E-state index contributed by atoms with van der Waals surface area (Å²) in [6.07, 6.45) is 0. The van der Waals surface area contributed by atoms with Gasteiger partial charge in [-0.25, -0.2) is 0 Å². The number of para-hydroxylation sites is 4. The van der Waals surface area contributed by atoms with Crippen LogP contribution in [0.15, 0.2) is 413 Å². The summed E-state index contributed by atoms with van der Waals surface area (Å²) in [5.41, 5.74) is 37.3. The molecule has 18 aromatic carbocycles. The minimum Gasteiger partial charge on any atom is -0.309 e. The maximum absolute atomic E-state index is 9.44. The van der Waals surface area contributed by atoms with E-state index in [9.17, 15) is 10.5 Å². The molecule has 4 aromatic heterocycles. The summed E-state index contributed by atoms with van der Waals surface area (Å²) in [5.74, 6) is 0. The first-order valence-electron chi connectivity index (χ1n) is 41.1. The summed E-state index contributed by atoms with van der Waals surface area (Å²) in [6, 6.07) is 154. The number of hydrogen-bond acceptors (Lipinski definition) is 2. The smallest absolute Gasteiger partial charge is 0.0991 e. The van der Waals surface area contributed by atoms with Crippen molar-refractivity contribution in [1.82, 2.24) is 18.3 Å². The Morgan fingerprint density at radius 2 is 0.500 bits per heavy atom. The van der Waals surface area contributed by atoms with E-state index >= 15 is 0 Å². The van der Waals surface area contributed by atoms with E-state index in [1.165, 1.54) is 165 Å². The molecule has 0 saturated heterocycles. The summed E-state index contributed by atoms with van der Waals surface area (Å²) < 4.78 is 9.40. The van der Waals surface area contributed by atoms with E-state index in [0.29, 0.717) is 11.1 Å². The highest BCUT2D eigenvalue weighted by Crippen LogP contribution is 2.59. The summed E-state index contributed by atoms with van der Waals surface area (Å²) in [5, 5.41) is 28.5. The van der Waals surface area contributed by atoms with Gasteiger partial charge in [0.2, 0.25) is 0 Å². The van der Waals surface area contributed by atoms with Crippen LogP contribution in [0.1, 0.15) is 58.4 Å². The van der Waals surface area contributed by atoms with Gasteiger partial charge in [-0.1, -0.05) is 275 Å². The largest absolute Gasteiger partial charge is 0.309 e. The van der Waals surface area contributed by atoms with Gasteiger partial charge < -0.3 is 18.3 Å². The molecule has 0 bridgehead atoms.